The van der Waals surface area contributed by atoms with E-state index in [0.717, 1.165) is 10.9 Å². The first-order chi connectivity index (χ1) is 12.6. The second kappa shape index (κ2) is 8.12. The van der Waals surface area contributed by atoms with Crippen molar-refractivity contribution in [1.29, 1.82) is 0 Å². The van der Waals surface area contributed by atoms with E-state index in [2.05, 4.69) is 4.98 Å². The number of nitrogen functional groups attached to an aromatic ring is 1. The van der Waals surface area contributed by atoms with Crippen molar-refractivity contribution >= 4 is 28.2 Å². The van der Waals surface area contributed by atoms with E-state index in [0.29, 0.717) is 46.9 Å². The number of halogens is 1. The standard InChI is InChI=1S/C19H19ClN2O4/c1-23-7-8-25-19-11-16-13(10-18(19)24-2)17(5-6-22-16)26-12-3-4-15(21)14(20)9-12/h3-6,9-11H,7-8,21H2,1-2H3. The Morgan fingerprint density at radius 1 is 1.00 bits per heavy atom. The lowest BCUT2D eigenvalue weighted by Gasteiger charge is -2.14. The Morgan fingerprint density at radius 2 is 1.85 bits per heavy atom. The third-order valence-electron chi connectivity index (χ3n) is 3.73. The average molecular weight is 375 g/mol. The van der Waals surface area contributed by atoms with Crippen molar-refractivity contribution in [3.05, 3.63) is 47.6 Å². The molecule has 0 atom stereocenters. The van der Waals surface area contributed by atoms with Gasteiger partial charge < -0.3 is 24.7 Å². The van der Waals surface area contributed by atoms with Crippen molar-refractivity contribution in [2.75, 3.05) is 33.2 Å². The Morgan fingerprint density at radius 3 is 2.58 bits per heavy atom. The molecule has 0 saturated carbocycles. The van der Waals surface area contributed by atoms with Crippen LogP contribution < -0.4 is 19.9 Å². The maximum Gasteiger partial charge on any atom is 0.163 e. The largest absolute Gasteiger partial charge is 0.493 e. The summed E-state index contributed by atoms with van der Waals surface area (Å²) >= 11 is 6.06. The van der Waals surface area contributed by atoms with Gasteiger partial charge in [-0.1, -0.05) is 11.6 Å². The molecule has 0 saturated heterocycles. The molecule has 1 heterocycles. The normalized spacial score (nSPS) is 10.7. The molecule has 3 rings (SSSR count). The first-order valence-corrected chi connectivity index (χ1v) is 8.31. The van der Waals surface area contributed by atoms with E-state index in [1.807, 2.05) is 12.1 Å². The lowest BCUT2D eigenvalue weighted by atomic mass is 10.2. The fourth-order valence-electron chi connectivity index (χ4n) is 2.42. The van der Waals surface area contributed by atoms with Gasteiger partial charge in [-0.2, -0.15) is 0 Å². The zero-order chi connectivity index (χ0) is 18.5. The smallest absolute Gasteiger partial charge is 0.163 e. The van der Waals surface area contributed by atoms with Crippen LogP contribution in [0.1, 0.15) is 0 Å². The number of hydrogen-bond donors (Lipinski definition) is 1. The molecule has 0 spiro atoms. The molecule has 3 aromatic rings. The van der Waals surface area contributed by atoms with Gasteiger partial charge in [-0.05, 0) is 24.3 Å². The van der Waals surface area contributed by atoms with E-state index in [4.69, 9.17) is 36.3 Å². The van der Waals surface area contributed by atoms with E-state index in [-0.39, 0.29) is 0 Å². The van der Waals surface area contributed by atoms with E-state index >= 15 is 0 Å². The summed E-state index contributed by atoms with van der Waals surface area (Å²) in [6, 6.07) is 10.5. The van der Waals surface area contributed by atoms with Gasteiger partial charge in [0.1, 0.15) is 18.1 Å². The van der Waals surface area contributed by atoms with Gasteiger partial charge in [-0.3, -0.25) is 4.98 Å². The fraction of sp³-hybridized carbons (Fsp3) is 0.211. The summed E-state index contributed by atoms with van der Waals surface area (Å²) in [5.74, 6) is 2.38. The van der Waals surface area contributed by atoms with Crippen molar-refractivity contribution < 1.29 is 18.9 Å². The Balaban J connectivity index is 1.97. The lowest BCUT2D eigenvalue weighted by molar-refractivity contribution is 0.144. The quantitative estimate of drug-likeness (QED) is 0.491. The molecule has 0 unspecified atom stereocenters. The topological polar surface area (TPSA) is 75.8 Å². The van der Waals surface area contributed by atoms with Crippen LogP contribution in [-0.2, 0) is 4.74 Å². The van der Waals surface area contributed by atoms with Gasteiger partial charge in [0.15, 0.2) is 11.5 Å². The molecule has 0 amide bonds. The van der Waals surface area contributed by atoms with E-state index in [1.54, 1.807) is 44.7 Å². The van der Waals surface area contributed by atoms with E-state index in [9.17, 15) is 0 Å². The lowest BCUT2D eigenvalue weighted by Crippen LogP contribution is -2.05. The van der Waals surface area contributed by atoms with Gasteiger partial charge in [-0.25, -0.2) is 0 Å². The number of anilines is 1. The monoisotopic (exact) mass is 374 g/mol. The predicted octanol–water partition coefficient (Wildman–Crippen LogP) is 4.30. The van der Waals surface area contributed by atoms with Crippen molar-refractivity contribution in [3.8, 4) is 23.0 Å². The van der Waals surface area contributed by atoms with Crippen LogP contribution in [-0.4, -0.2) is 32.4 Å². The summed E-state index contributed by atoms with van der Waals surface area (Å²) in [6.07, 6.45) is 1.67. The molecule has 0 aliphatic rings. The summed E-state index contributed by atoms with van der Waals surface area (Å²) < 4.78 is 22.1. The fourth-order valence-corrected chi connectivity index (χ4v) is 2.59. The Labute approximate surface area is 156 Å². The zero-order valence-corrected chi connectivity index (χ0v) is 15.2. The molecule has 7 heteroatoms. The number of nitrogens with zero attached hydrogens (tertiary/aromatic N) is 1. The molecule has 26 heavy (non-hydrogen) atoms. The predicted molar refractivity (Wildman–Crippen MR) is 102 cm³/mol. The number of aromatic nitrogens is 1. The van der Waals surface area contributed by atoms with Crippen LogP contribution in [0.4, 0.5) is 5.69 Å². The second-order valence-electron chi connectivity index (χ2n) is 5.46. The second-order valence-corrected chi connectivity index (χ2v) is 5.86. The molecule has 0 aliphatic heterocycles. The maximum absolute atomic E-state index is 6.06. The van der Waals surface area contributed by atoms with Crippen molar-refractivity contribution in [1.82, 2.24) is 4.98 Å². The van der Waals surface area contributed by atoms with Crippen LogP contribution in [0.3, 0.4) is 0 Å². The summed E-state index contributed by atoms with van der Waals surface area (Å²) in [6.45, 7) is 0.897. The molecule has 0 fully saturated rings. The number of fused-ring (bicyclic) bond motifs is 1. The number of rotatable bonds is 7. The average Bonchev–Trinajstić information content (AvgIpc) is 2.64. The highest BCUT2D eigenvalue weighted by Crippen LogP contribution is 2.37. The van der Waals surface area contributed by atoms with Crippen molar-refractivity contribution in [2.24, 2.45) is 0 Å². The van der Waals surface area contributed by atoms with Crippen molar-refractivity contribution in [2.45, 2.75) is 0 Å². The number of nitrogens with two attached hydrogens (primary N) is 1. The van der Waals surface area contributed by atoms with Gasteiger partial charge in [-0.15, -0.1) is 0 Å². The molecular weight excluding hydrogens is 356 g/mol. The SMILES string of the molecule is COCCOc1cc2nccc(Oc3ccc(N)c(Cl)c3)c2cc1OC. The van der Waals surface area contributed by atoms with Crippen LogP contribution in [0.5, 0.6) is 23.0 Å². The maximum atomic E-state index is 6.06. The van der Waals surface area contributed by atoms with Gasteiger partial charge in [0.2, 0.25) is 0 Å². The van der Waals surface area contributed by atoms with Gasteiger partial charge in [0.05, 0.1) is 29.9 Å². The highest BCUT2D eigenvalue weighted by Gasteiger charge is 2.12. The molecule has 2 aromatic carbocycles. The molecule has 0 bridgehead atoms. The minimum atomic E-state index is 0.415. The summed E-state index contributed by atoms with van der Waals surface area (Å²) in [5.41, 5.74) is 6.96. The third kappa shape index (κ3) is 3.92. The minimum Gasteiger partial charge on any atom is -0.493 e. The van der Waals surface area contributed by atoms with Crippen LogP contribution >= 0.6 is 11.6 Å². The highest BCUT2D eigenvalue weighted by molar-refractivity contribution is 6.33. The Bertz CT molecular complexity index is 917. The van der Waals surface area contributed by atoms with Crippen LogP contribution in [0, 0.1) is 0 Å². The first kappa shape index (κ1) is 18.1. The van der Waals surface area contributed by atoms with Crippen LogP contribution in [0.2, 0.25) is 5.02 Å². The molecule has 136 valence electrons. The summed E-state index contributed by atoms with van der Waals surface area (Å²) in [5, 5.41) is 1.23. The van der Waals surface area contributed by atoms with Gasteiger partial charge >= 0.3 is 0 Å². The Hall–Kier alpha value is -2.70. The zero-order valence-electron chi connectivity index (χ0n) is 14.5. The number of pyridine rings is 1. The van der Waals surface area contributed by atoms with Crippen LogP contribution in [0.25, 0.3) is 10.9 Å². The summed E-state index contributed by atoms with van der Waals surface area (Å²) in [7, 11) is 3.20. The molecule has 2 N–H and O–H groups in total. The third-order valence-corrected chi connectivity index (χ3v) is 4.06. The molecule has 0 radical (unpaired) electrons. The molecule has 0 aliphatic carbocycles. The van der Waals surface area contributed by atoms with E-state index in [1.165, 1.54) is 0 Å². The number of methoxy groups -OCH3 is 2. The molecule has 1 aromatic heterocycles. The number of ether oxygens (including phenoxy) is 4. The summed E-state index contributed by atoms with van der Waals surface area (Å²) in [4.78, 5) is 4.39. The Kier molecular flexibility index (Phi) is 5.65. The minimum absolute atomic E-state index is 0.415. The van der Waals surface area contributed by atoms with Gasteiger partial charge in [0, 0.05) is 30.8 Å². The number of benzene rings is 2. The molecule has 6 nitrogen and oxygen atoms in total. The highest BCUT2D eigenvalue weighted by atomic mass is 35.5. The number of hydrogen-bond acceptors (Lipinski definition) is 6. The van der Waals surface area contributed by atoms with Crippen LogP contribution in [0.15, 0.2) is 42.6 Å². The van der Waals surface area contributed by atoms with Crippen molar-refractivity contribution in [3.63, 3.8) is 0 Å². The van der Waals surface area contributed by atoms with Gasteiger partial charge in [0.25, 0.3) is 0 Å². The first-order valence-electron chi connectivity index (χ1n) is 7.93. The van der Waals surface area contributed by atoms with E-state index < -0.39 is 0 Å². The molecular formula is C19H19ClN2O4.